The fraction of sp³-hybridized carbons (Fsp3) is 0.0909. The Balaban J connectivity index is 1.57. The second kappa shape index (κ2) is 8.14. The Morgan fingerprint density at radius 2 is 1.91 bits per heavy atom. The zero-order chi connectivity index (χ0) is 22.9. The molecule has 4 aromatic rings. The van der Waals surface area contributed by atoms with Crippen LogP contribution in [-0.4, -0.2) is 20.9 Å². The lowest BCUT2D eigenvalue weighted by atomic mass is 10.2. The van der Waals surface area contributed by atoms with E-state index in [0.717, 1.165) is 12.1 Å². The lowest BCUT2D eigenvalue weighted by Gasteiger charge is -2.12. The number of amides is 1. The van der Waals surface area contributed by atoms with E-state index in [2.05, 4.69) is 20.3 Å². The van der Waals surface area contributed by atoms with Crippen molar-refractivity contribution in [1.82, 2.24) is 15.0 Å². The molecular weight excluding hydrogens is 423 g/mol. The number of aromatic nitrogens is 3. The predicted octanol–water partition coefficient (Wildman–Crippen LogP) is 4.99. The summed E-state index contributed by atoms with van der Waals surface area (Å²) in [5.41, 5.74) is 5.96. The summed E-state index contributed by atoms with van der Waals surface area (Å²) in [6.07, 6.45) is -1.48. The standard InChI is InChI=1S/C22H16F3N5O2/c1-12-18(7-8-27-19(12)20(26)31)32-16-5-6-17-13(9-16)11-28-21(30-17)29-15-4-2-3-14(10-15)22(23,24)25/h2-11H,1H3,(H2,26,31)(H,28,29,30). The van der Waals surface area contributed by atoms with Gasteiger partial charge in [-0.25, -0.2) is 9.97 Å². The molecule has 0 spiro atoms. The number of nitrogens with two attached hydrogens (primary N) is 1. The van der Waals surface area contributed by atoms with Crippen molar-refractivity contribution in [1.29, 1.82) is 0 Å². The van der Waals surface area contributed by atoms with Crippen LogP contribution >= 0.6 is 0 Å². The summed E-state index contributed by atoms with van der Waals surface area (Å²) in [4.78, 5) is 23.9. The molecule has 0 aliphatic heterocycles. The maximum atomic E-state index is 12.9. The van der Waals surface area contributed by atoms with Crippen LogP contribution in [0.5, 0.6) is 11.5 Å². The number of hydrogen-bond acceptors (Lipinski definition) is 6. The molecule has 7 nitrogen and oxygen atoms in total. The first-order valence-electron chi connectivity index (χ1n) is 9.35. The Labute approximate surface area is 180 Å². The summed E-state index contributed by atoms with van der Waals surface area (Å²) >= 11 is 0. The van der Waals surface area contributed by atoms with Gasteiger partial charge >= 0.3 is 6.18 Å². The molecule has 0 unspecified atom stereocenters. The number of halogens is 3. The van der Waals surface area contributed by atoms with Crippen LogP contribution in [0.15, 0.2) is 60.9 Å². The number of hydrogen-bond donors (Lipinski definition) is 2. The predicted molar refractivity (Wildman–Crippen MR) is 112 cm³/mol. The maximum Gasteiger partial charge on any atom is 0.416 e. The molecule has 0 saturated carbocycles. The molecule has 162 valence electrons. The number of alkyl halides is 3. The van der Waals surface area contributed by atoms with Crippen molar-refractivity contribution in [3.63, 3.8) is 0 Å². The monoisotopic (exact) mass is 439 g/mol. The molecule has 0 saturated heterocycles. The van der Waals surface area contributed by atoms with Crippen molar-refractivity contribution in [2.45, 2.75) is 13.1 Å². The van der Waals surface area contributed by atoms with E-state index in [0.29, 0.717) is 28.0 Å². The third-order valence-electron chi connectivity index (χ3n) is 4.61. The van der Waals surface area contributed by atoms with E-state index in [-0.39, 0.29) is 17.3 Å². The summed E-state index contributed by atoms with van der Waals surface area (Å²) < 4.78 is 44.5. The molecule has 0 aliphatic rings. The number of benzene rings is 2. The van der Waals surface area contributed by atoms with Crippen molar-refractivity contribution < 1.29 is 22.7 Å². The first-order chi connectivity index (χ1) is 15.2. The lowest BCUT2D eigenvalue weighted by molar-refractivity contribution is -0.137. The van der Waals surface area contributed by atoms with Crippen LogP contribution in [0, 0.1) is 6.92 Å². The quantitative estimate of drug-likeness (QED) is 0.454. The normalized spacial score (nSPS) is 11.4. The van der Waals surface area contributed by atoms with Gasteiger partial charge in [-0.1, -0.05) is 6.07 Å². The number of pyridine rings is 1. The van der Waals surface area contributed by atoms with Gasteiger partial charge in [-0.3, -0.25) is 9.78 Å². The molecule has 4 rings (SSSR count). The Hall–Kier alpha value is -4.21. The molecule has 0 atom stereocenters. The van der Waals surface area contributed by atoms with Crippen molar-refractivity contribution in [2.75, 3.05) is 5.32 Å². The van der Waals surface area contributed by atoms with E-state index < -0.39 is 17.6 Å². The highest BCUT2D eigenvalue weighted by Gasteiger charge is 2.30. The van der Waals surface area contributed by atoms with Crippen molar-refractivity contribution in [3.05, 3.63) is 77.7 Å². The van der Waals surface area contributed by atoms with E-state index in [9.17, 15) is 18.0 Å². The van der Waals surface area contributed by atoms with Crippen LogP contribution in [0.25, 0.3) is 10.9 Å². The maximum absolute atomic E-state index is 12.9. The molecule has 2 heterocycles. The van der Waals surface area contributed by atoms with Gasteiger partial charge in [-0.05, 0) is 49.4 Å². The molecule has 0 radical (unpaired) electrons. The zero-order valence-electron chi connectivity index (χ0n) is 16.6. The number of primary amides is 1. The van der Waals surface area contributed by atoms with Gasteiger partial charge in [0.1, 0.15) is 17.2 Å². The van der Waals surface area contributed by atoms with Crippen molar-refractivity contribution in [3.8, 4) is 11.5 Å². The van der Waals surface area contributed by atoms with Gasteiger partial charge < -0.3 is 15.8 Å². The van der Waals surface area contributed by atoms with Crippen LogP contribution in [0.3, 0.4) is 0 Å². The molecule has 0 aliphatic carbocycles. The number of nitrogens with one attached hydrogen (secondary N) is 1. The van der Waals surface area contributed by atoms with Crippen molar-refractivity contribution in [2.24, 2.45) is 5.73 Å². The molecule has 0 bridgehead atoms. The Morgan fingerprint density at radius 3 is 2.66 bits per heavy atom. The van der Waals surface area contributed by atoms with Crippen LogP contribution in [0.1, 0.15) is 21.6 Å². The number of carbonyl (C=O) groups excluding carboxylic acids is 1. The van der Waals surface area contributed by atoms with Gasteiger partial charge in [0.25, 0.3) is 5.91 Å². The summed E-state index contributed by atoms with van der Waals surface area (Å²) in [6, 6.07) is 11.5. The molecule has 2 aromatic carbocycles. The average Bonchev–Trinajstić information content (AvgIpc) is 2.75. The Kier molecular flexibility index (Phi) is 5.35. The fourth-order valence-electron chi connectivity index (χ4n) is 3.04. The van der Waals surface area contributed by atoms with E-state index in [4.69, 9.17) is 10.5 Å². The lowest BCUT2D eigenvalue weighted by Crippen LogP contribution is -2.15. The molecule has 10 heteroatoms. The minimum absolute atomic E-state index is 0.122. The summed E-state index contributed by atoms with van der Waals surface area (Å²) in [5, 5.41) is 3.43. The molecular formula is C22H16F3N5O2. The smallest absolute Gasteiger partial charge is 0.416 e. The number of nitrogens with zero attached hydrogens (tertiary/aromatic N) is 3. The molecule has 32 heavy (non-hydrogen) atoms. The number of carbonyl (C=O) groups is 1. The zero-order valence-corrected chi connectivity index (χ0v) is 16.6. The second-order valence-electron chi connectivity index (χ2n) is 6.87. The highest BCUT2D eigenvalue weighted by atomic mass is 19.4. The number of anilines is 2. The first-order valence-corrected chi connectivity index (χ1v) is 9.35. The van der Waals surface area contributed by atoms with E-state index in [1.165, 1.54) is 24.5 Å². The molecule has 0 fully saturated rings. The Bertz CT molecular complexity index is 1320. The highest BCUT2D eigenvalue weighted by Crippen LogP contribution is 2.32. The minimum atomic E-state index is -4.44. The van der Waals surface area contributed by atoms with Gasteiger partial charge in [0.05, 0.1) is 11.1 Å². The number of ether oxygens (including phenoxy) is 1. The topological polar surface area (TPSA) is 103 Å². The third kappa shape index (κ3) is 4.43. The summed E-state index contributed by atoms with van der Waals surface area (Å²) in [7, 11) is 0. The number of fused-ring (bicyclic) bond motifs is 1. The van der Waals surface area contributed by atoms with E-state index in [1.54, 1.807) is 31.2 Å². The first kappa shape index (κ1) is 21.0. The Morgan fingerprint density at radius 1 is 1.09 bits per heavy atom. The van der Waals surface area contributed by atoms with Crippen LogP contribution in [0.4, 0.5) is 24.8 Å². The molecule has 2 aromatic heterocycles. The van der Waals surface area contributed by atoms with Crippen LogP contribution in [0.2, 0.25) is 0 Å². The van der Waals surface area contributed by atoms with Gasteiger partial charge in [-0.15, -0.1) is 0 Å². The summed E-state index contributed by atoms with van der Waals surface area (Å²) in [6.45, 7) is 1.68. The number of rotatable bonds is 5. The molecule has 1 amide bonds. The molecule has 3 N–H and O–H groups in total. The van der Waals surface area contributed by atoms with Gasteiger partial charge in [-0.2, -0.15) is 13.2 Å². The van der Waals surface area contributed by atoms with Gasteiger partial charge in [0.2, 0.25) is 5.95 Å². The van der Waals surface area contributed by atoms with E-state index in [1.807, 2.05) is 0 Å². The summed E-state index contributed by atoms with van der Waals surface area (Å²) in [5.74, 6) is 0.406. The van der Waals surface area contributed by atoms with Crippen molar-refractivity contribution >= 4 is 28.4 Å². The van der Waals surface area contributed by atoms with E-state index >= 15 is 0 Å². The van der Waals surface area contributed by atoms with Gasteiger partial charge in [0, 0.05) is 29.0 Å². The second-order valence-corrected chi connectivity index (χ2v) is 6.87. The average molecular weight is 439 g/mol. The minimum Gasteiger partial charge on any atom is -0.457 e. The highest BCUT2D eigenvalue weighted by molar-refractivity contribution is 5.92. The van der Waals surface area contributed by atoms with Crippen LogP contribution < -0.4 is 15.8 Å². The van der Waals surface area contributed by atoms with Gasteiger partial charge in [0.15, 0.2) is 0 Å². The largest absolute Gasteiger partial charge is 0.457 e. The van der Waals surface area contributed by atoms with Crippen LogP contribution in [-0.2, 0) is 6.18 Å². The SMILES string of the molecule is Cc1c(Oc2ccc3nc(Nc4cccc(C(F)(F)F)c4)ncc3c2)ccnc1C(N)=O. The third-order valence-corrected chi connectivity index (χ3v) is 4.61. The fourth-order valence-corrected chi connectivity index (χ4v) is 3.04.